The van der Waals surface area contributed by atoms with Crippen LogP contribution in [0.4, 0.5) is 11.4 Å². The molecule has 0 heterocycles. The number of carbonyl (C=O) groups excluding carboxylic acids is 2. The van der Waals surface area contributed by atoms with Gasteiger partial charge in [0.2, 0.25) is 31.6 Å². The molecule has 2 aliphatic carbocycles. The van der Waals surface area contributed by atoms with Gasteiger partial charge in [-0.15, -0.1) is 0 Å². The van der Waals surface area contributed by atoms with E-state index >= 15 is 0 Å². The number of nitrogens with two attached hydrogens (primary N) is 2. The van der Waals surface area contributed by atoms with Crippen molar-refractivity contribution in [2.45, 2.75) is 9.79 Å². The van der Waals surface area contributed by atoms with Crippen LogP contribution in [0.15, 0.2) is 105 Å². The van der Waals surface area contributed by atoms with Crippen LogP contribution in [0.3, 0.4) is 0 Å². The SMILES string of the molecule is NS(=O)(=O)c1ccc2c(c1)C=CC(=O)/C2=N\Nc1cc(Cl)ccc1O.NS(=O)(=O)c1ccc2c(c1)C=CC(=O)/C2=N\Nc1cc(Cl)ccc1O.[Cr].[Na+]. The first-order valence-corrected chi connectivity index (χ1v) is 17.8. The maximum Gasteiger partial charge on any atom is 1.00 e. The number of allylic oxidation sites excluding steroid dienone is 2. The number of anilines is 2. The van der Waals surface area contributed by atoms with Crippen LogP contribution in [-0.4, -0.2) is 50.0 Å². The van der Waals surface area contributed by atoms with Crippen molar-refractivity contribution < 1.29 is 83.6 Å². The number of rotatable bonds is 6. The molecule has 262 valence electrons. The standard InChI is InChI=1S/2C16H12ClN3O4S.Cr.Na/c2*17-10-2-6-14(21)13(8-10)19-20-16-12-4-3-11(25(18,23)24)7-9(12)1-5-15(16)22;;/h2*1-8,19,21H,(H2,18,23,24);;/q;;;+1/b2*20-16-;;. The number of hydrazone groups is 2. The maximum absolute atomic E-state index is 12.1. The fraction of sp³-hybridized carbons (Fsp3) is 0. The number of nitrogens with zero attached hydrogens (tertiary/aromatic N) is 2. The molecule has 0 saturated carbocycles. The maximum atomic E-state index is 12.1. The van der Waals surface area contributed by atoms with E-state index in [4.69, 9.17) is 33.5 Å². The van der Waals surface area contributed by atoms with Gasteiger partial charge in [0, 0.05) is 38.5 Å². The molecule has 2 aliphatic rings. The van der Waals surface area contributed by atoms with Gasteiger partial charge in [0.1, 0.15) is 22.9 Å². The minimum Gasteiger partial charge on any atom is -0.506 e. The van der Waals surface area contributed by atoms with E-state index in [9.17, 15) is 36.6 Å². The number of ketones is 2. The Morgan fingerprint density at radius 1 is 0.577 bits per heavy atom. The molecular formula is C32H24Cl2CrN6NaO8S2+. The van der Waals surface area contributed by atoms with Crippen molar-refractivity contribution in [2.24, 2.45) is 20.5 Å². The number of nitrogens with one attached hydrogen (secondary N) is 2. The van der Waals surface area contributed by atoms with Crippen LogP contribution in [0.5, 0.6) is 11.5 Å². The number of aromatic hydroxyl groups is 2. The third-order valence-corrected chi connectivity index (χ3v) is 9.29. The van der Waals surface area contributed by atoms with Crippen molar-refractivity contribution >= 4 is 89.8 Å². The molecule has 0 amide bonds. The first-order valence-electron chi connectivity index (χ1n) is 13.9. The second-order valence-corrected chi connectivity index (χ2v) is 14.4. The van der Waals surface area contributed by atoms with E-state index in [0.29, 0.717) is 32.3 Å². The Kier molecular flexibility index (Phi) is 14.2. The first kappa shape index (κ1) is 42.6. The van der Waals surface area contributed by atoms with Crippen molar-refractivity contribution in [1.82, 2.24) is 0 Å². The number of primary sulfonamides is 2. The van der Waals surface area contributed by atoms with Crippen molar-refractivity contribution in [3.63, 3.8) is 0 Å². The second-order valence-electron chi connectivity index (χ2n) is 10.5. The van der Waals surface area contributed by atoms with Crippen molar-refractivity contribution in [3.8, 4) is 11.5 Å². The van der Waals surface area contributed by atoms with Crippen molar-refractivity contribution in [1.29, 1.82) is 0 Å². The molecule has 0 atom stereocenters. The third-order valence-electron chi connectivity index (χ3n) is 7.00. The smallest absolute Gasteiger partial charge is 0.506 e. The second kappa shape index (κ2) is 17.3. The quantitative estimate of drug-likeness (QED) is 0.0922. The molecule has 0 aliphatic heterocycles. The van der Waals surface area contributed by atoms with Crippen LogP contribution in [0.1, 0.15) is 22.3 Å². The van der Waals surface area contributed by atoms with Gasteiger partial charge in [-0.1, -0.05) is 47.5 Å². The van der Waals surface area contributed by atoms with Gasteiger partial charge in [0.05, 0.1) is 21.2 Å². The average molecular weight is 831 g/mol. The Hall–Kier alpha value is -3.83. The van der Waals surface area contributed by atoms with Gasteiger partial charge in [0.25, 0.3) is 0 Å². The summed E-state index contributed by atoms with van der Waals surface area (Å²) in [6.07, 6.45) is 5.52. The van der Waals surface area contributed by atoms with Gasteiger partial charge < -0.3 is 10.2 Å². The Morgan fingerprint density at radius 2 is 0.942 bits per heavy atom. The largest absolute Gasteiger partial charge is 1.00 e. The number of carbonyl (C=O) groups is 2. The summed E-state index contributed by atoms with van der Waals surface area (Å²) in [6.45, 7) is 0. The molecule has 52 heavy (non-hydrogen) atoms. The van der Waals surface area contributed by atoms with Crippen molar-refractivity contribution in [2.75, 3.05) is 10.9 Å². The average Bonchev–Trinajstić information content (AvgIpc) is 3.05. The fourth-order valence-electron chi connectivity index (χ4n) is 4.56. The zero-order chi connectivity index (χ0) is 36.4. The number of sulfonamides is 2. The summed E-state index contributed by atoms with van der Waals surface area (Å²) in [6, 6.07) is 16.9. The molecule has 0 bridgehead atoms. The van der Waals surface area contributed by atoms with E-state index in [0.717, 1.165) is 0 Å². The number of hydrogen-bond donors (Lipinski definition) is 6. The molecule has 4 aromatic rings. The number of halogens is 2. The van der Waals surface area contributed by atoms with Crippen LogP contribution in [0.2, 0.25) is 10.0 Å². The summed E-state index contributed by atoms with van der Waals surface area (Å²) in [7, 11) is -7.71. The summed E-state index contributed by atoms with van der Waals surface area (Å²) < 4.78 is 45.8. The summed E-state index contributed by atoms with van der Waals surface area (Å²) in [5.74, 6) is -0.913. The van der Waals surface area contributed by atoms with Crippen LogP contribution < -0.4 is 50.7 Å². The molecule has 0 fully saturated rings. The molecular weight excluding hydrogens is 806 g/mol. The van der Waals surface area contributed by atoms with Gasteiger partial charge in [-0.05, 0) is 83.9 Å². The van der Waals surface area contributed by atoms with E-state index in [1.54, 1.807) is 0 Å². The monoisotopic (exact) mass is 829 g/mol. The van der Waals surface area contributed by atoms with Crippen LogP contribution >= 0.6 is 23.2 Å². The molecule has 8 N–H and O–H groups in total. The number of fused-ring (bicyclic) bond motifs is 2. The van der Waals surface area contributed by atoms with Crippen LogP contribution in [0, 0.1) is 0 Å². The van der Waals surface area contributed by atoms with E-state index in [1.165, 1.54) is 97.1 Å². The predicted octanol–water partition coefficient (Wildman–Crippen LogP) is 1.21. The normalized spacial score (nSPS) is 14.7. The number of phenols is 2. The van der Waals surface area contributed by atoms with Crippen LogP contribution in [0.25, 0.3) is 12.2 Å². The number of hydrogen-bond acceptors (Lipinski definition) is 12. The molecule has 0 saturated heterocycles. The van der Waals surface area contributed by atoms with Crippen molar-refractivity contribution in [3.05, 3.63) is 117 Å². The molecule has 0 radical (unpaired) electrons. The molecule has 4 aromatic carbocycles. The Labute approximate surface area is 340 Å². The molecule has 0 aromatic heterocycles. The topological polar surface area (TPSA) is 244 Å². The van der Waals surface area contributed by atoms with Gasteiger partial charge >= 0.3 is 29.6 Å². The summed E-state index contributed by atoms with van der Waals surface area (Å²) in [4.78, 5) is 24.1. The Balaban J connectivity index is 0.000000270. The third kappa shape index (κ3) is 10.2. The minimum atomic E-state index is -3.85. The number of phenolic OH excluding ortho intramolecular Hbond substituents is 2. The minimum absolute atomic E-state index is 0. The van der Waals surface area contributed by atoms with Gasteiger partial charge in [-0.2, -0.15) is 10.2 Å². The van der Waals surface area contributed by atoms with Gasteiger partial charge in [0.15, 0.2) is 0 Å². The first-order chi connectivity index (χ1) is 23.5. The number of benzene rings is 4. The summed E-state index contributed by atoms with van der Waals surface area (Å²) in [5, 5.41) is 38.6. The van der Waals surface area contributed by atoms with E-state index in [-0.39, 0.29) is 103 Å². The van der Waals surface area contributed by atoms with Gasteiger partial charge in [-0.3, -0.25) is 20.4 Å². The Bertz CT molecular complexity index is 2270. The molecule has 0 spiro atoms. The Morgan fingerprint density at radius 3 is 1.29 bits per heavy atom. The van der Waals surface area contributed by atoms with Crippen LogP contribution in [-0.2, 0) is 47.0 Å². The molecule has 20 heteroatoms. The van der Waals surface area contributed by atoms with E-state index < -0.39 is 20.0 Å². The molecule has 6 rings (SSSR count). The summed E-state index contributed by atoms with van der Waals surface area (Å²) >= 11 is 11.7. The zero-order valence-electron chi connectivity index (χ0n) is 26.6. The van der Waals surface area contributed by atoms with E-state index in [2.05, 4.69) is 21.1 Å². The molecule has 14 nitrogen and oxygen atoms in total. The summed E-state index contributed by atoms with van der Waals surface area (Å²) in [5.41, 5.74) is 7.63. The van der Waals surface area contributed by atoms with E-state index in [1.807, 2.05) is 0 Å². The zero-order valence-corrected chi connectivity index (χ0v) is 33.0. The predicted molar refractivity (Wildman–Crippen MR) is 190 cm³/mol. The van der Waals surface area contributed by atoms with Gasteiger partial charge in [-0.25, -0.2) is 27.1 Å². The fourth-order valence-corrected chi connectivity index (χ4v) is 6.00. The molecule has 0 unspecified atom stereocenters.